The average Bonchev–Trinajstić information content (AvgIpc) is 2.26. The van der Waals surface area contributed by atoms with Crippen LogP contribution >= 0.6 is 27.5 Å². The zero-order valence-electron chi connectivity index (χ0n) is 8.22. The molecule has 0 atom stereocenters. The van der Waals surface area contributed by atoms with E-state index >= 15 is 0 Å². The molecular weight excluding hydrogens is 315 g/mol. The first-order valence-corrected chi connectivity index (χ1v) is 5.62. The topological polar surface area (TPSA) is 37.8 Å². The monoisotopic (exact) mass is 319 g/mol. The summed E-state index contributed by atoms with van der Waals surface area (Å²) < 4.78 is 26.6. The molecule has 0 aliphatic rings. The van der Waals surface area contributed by atoms with Crippen molar-refractivity contribution in [2.45, 2.75) is 0 Å². The molecule has 0 fully saturated rings. The highest BCUT2D eigenvalue weighted by Gasteiger charge is 2.09. The van der Waals surface area contributed by atoms with Gasteiger partial charge >= 0.3 is 0 Å². The number of hydrogen-bond acceptors (Lipinski definition) is 3. The summed E-state index contributed by atoms with van der Waals surface area (Å²) in [5, 5.41) is 2.83. The van der Waals surface area contributed by atoms with Gasteiger partial charge in [0.25, 0.3) is 0 Å². The van der Waals surface area contributed by atoms with Gasteiger partial charge in [0, 0.05) is 6.07 Å². The number of aromatic nitrogens is 2. The molecule has 0 bridgehead atoms. The Bertz CT molecular complexity index is 565. The Kier molecular flexibility index (Phi) is 3.54. The SMILES string of the molecule is Fc1cc(F)c(Nc2cncc(Cl)n2)cc1Br. The number of benzene rings is 1. The second-order valence-electron chi connectivity index (χ2n) is 3.10. The third-order valence-electron chi connectivity index (χ3n) is 1.88. The van der Waals surface area contributed by atoms with Gasteiger partial charge in [0.15, 0.2) is 5.82 Å². The normalized spacial score (nSPS) is 10.4. The lowest BCUT2D eigenvalue weighted by molar-refractivity contribution is 0.581. The predicted octanol–water partition coefficient (Wildman–Crippen LogP) is 3.91. The molecule has 0 spiro atoms. The first-order chi connectivity index (χ1) is 8.06. The van der Waals surface area contributed by atoms with Gasteiger partial charge in [-0.15, -0.1) is 0 Å². The van der Waals surface area contributed by atoms with Gasteiger partial charge in [-0.05, 0) is 22.0 Å². The Morgan fingerprint density at radius 1 is 1.18 bits per heavy atom. The minimum atomic E-state index is -0.729. The fourth-order valence-corrected chi connectivity index (χ4v) is 1.65. The van der Waals surface area contributed by atoms with Gasteiger partial charge in [0.2, 0.25) is 0 Å². The van der Waals surface area contributed by atoms with E-state index in [1.807, 2.05) is 0 Å². The van der Waals surface area contributed by atoms with Crippen molar-refractivity contribution in [1.82, 2.24) is 9.97 Å². The van der Waals surface area contributed by atoms with Gasteiger partial charge in [0.1, 0.15) is 16.8 Å². The number of halogens is 4. The summed E-state index contributed by atoms with van der Waals surface area (Å²) in [6.07, 6.45) is 2.73. The quantitative estimate of drug-likeness (QED) is 0.852. The van der Waals surface area contributed by atoms with Crippen molar-refractivity contribution < 1.29 is 8.78 Å². The van der Waals surface area contributed by atoms with E-state index in [0.717, 1.165) is 6.07 Å². The summed E-state index contributed by atoms with van der Waals surface area (Å²) in [4.78, 5) is 7.66. The summed E-state index contributed by atoms with van der Waals surface area (Å²) in [5.41, 5.74) is 0.0786. The number of rotatable bonds is 2. The Morgan fingerprint density at radius 3 is 2.65 bits per heavy atom. The standard InChI is InChI=1S/C10H5BrClF2N3/c11-5-1-8(7(14)2-6(5)13)16-10-4-15-3-9(12)17-10/h1-4H,(H,16,17). The van der Waals surface area contributed by atoms with Gasteiger partial charge in [-0.1, -0.05) is 11.6 Å². The van der Waals surface area contributed by atoms with Crippen LogP contribution < -0.4 is 5.32 Å². The maximum atomic E-state index is 13.4. The maximum absolute atomic E-state index is 13.4. The molecule has 88 valence electrons. The van der Waals surface area contributed by atoms with Gasteiger partial charge in [0.05, 0.1) is 22.6 Å². The number of nitrogens with zero attached hydrogens (tertiary/aromatic N) is 2. The van der Waals surface area contributed by atoms with Crippen LogP contribution in [-0.2, 0) is 0 Å². The lowest BCUT2D eigenvalue weighted by atomic mass is 10.3. The molecule has 1 aromatic carbocycles. The van der Waals surface area contributed by atoms with E-state index in [4.69, 9.17) is 11.6 Å². The first kappa shape index (κ1) is 12.2. The minimum Gasteiger partial charge on any atom is -0.336 e. The average molecular weight is 321 g/mol. The van der Waals surface area contributed by atoms with Crippen molar-refractivity contribution in [1.29, 1.82) is 0 Å². The van der Waals surface area contributed by atoms with Crippen molar-refractivity contribution in [2.24, 2.45) is 0 Å². The van der Waals surface area contributed by atoms with Crippen molar-refractivity contribution >= 4 is 39.0 Å². The Labute approximate surface area is 109 Å². The summed E-state index contributed by atoms with van der Waals surface area (Å²) in [5.74, 6) is -1.13. The molecule has 17 heavy (non-hydrogen) atoms. The third kappa shape index (κ3) is 2.89. The molecule has 0 radical (unpaired) electrons. The first-order valence-electron chi connectivity index (χ1n) is 4.45. The molecule has 7 heteroatoms. The predicted molar refractivity (Wildman–Crippen MR) is 64.4 cm³/mol. The Balaban J connectivity index is 2.33. The molecule has 0 saturated heterocycles. The van der Waals surface area contributed by atoms with E-state index < -0.39 is 11.6 Å². The van der Waals surface area contributed by atoms with E-state index in [1.54, 1.807) is 0 Å². The van der Waals surface area contributed by atoms with Crippen LogP contribution in [0.3, 0.4) is 0 Å². The molecule has 2 aromatic rings. The smallest absolute Gasteiger partial charge is 0.150 e. The third-order valence-corrected chi connectivity index (χ3v) is 2.67. The molecule has 0 amide bonds. The van der Waals surface area contributed by atoms with Crippen LogP contribution in [0.1, 0.15) is 0 Å². The summed E-state index contributed by atoms with van der Waals surface area (Å²) >= 11 is 8.60. The van der Waals surface area contributed by atoms with Crippen molar-refractivity contribution in [3.63, 3.8) is 0 Å². The molecule has 0 unspecified atom stereocenters. The molecule has 1 aromatic heterocycles. The van der Waals surface area contributed by atoms with E-state index in [1.165, 1.54) is 18.5 Å². The highest BCUT2D eigenvalue weighted by molar-refractivity contribution is 9.10. The lowest BCUT2D eigenvalue weighted by Gasteiger charge is -2.07. The van der Waals surface area contributed by atoms with Crippen LogP contribution in [0.15, 0.2) is 29.0 Å². The fourth-order valence-electron chi connectivity index (χ4n) is 1.16. The minimum absolute atomic E-state index is 0.0786. The number of anilines is 2. The lowest BCUT2D eigenvalue weighted by Crippen LogP contribution is -1.98. The molecule has 0 aliphatic heterocycles. The molecular formula is C10H5BrClF2N3. The Hall–Kier alpha value is -1.27. The highest BCUT2D eigenvalue weighted by Crippen LogP contribution is 2.25. The largest absolute Gasteiger partial charge is 0.336 e. The fraction of sp³-hybridized carbons (Fsp3) is 0. The summed E-state index contributed by atoms with van der Waals surface area (Å²) in [6.45, 7) is 0. The zero-order chi connectivity index (χ0) is 12.4. The van der Waals surface area contributed by atoms with Crippen LogP contribution in [0.5, 0.6) is 0 Å². The summed E-state index contributed by atoms with van der Waals surface area (Å²) in [6, 6.07) is 2.04. The van der Waals surface area contributed by atoms with Gasteiger partial charge in [-0.2, -0.15) is 0 Å². The van der Waals surface area contributed by atoms with Gasteiger partial charge < -0.3 is 5.32 Å². The van der Waals surface area contributed by atoms with Gasteiger partial charge in [-0.25, -0.2) is 13.8 Å². The zero-order valence-corrected chi connectivity index (χ0v) is 10.6. The molecule has 2 rings (SSSR count). The Morgan fingerprint density at radius 2 is 1.94 bits per heavy atom. The molecule has 3 nitrogen and oxygen atoms in total. The van der Waals surface area contributed by atoms with Crippen LogP contribution in [0.2, 0.25) is 5.15 Å². The van der Waals surface area contributed by atoms with Crippen LogP contribution in [-0.4, -0.2) is 9.97 Å². The van der Waals surface area contributed by atoms with E-state index in [0.29, 0.717) is 0 Å². The van der Waals surface area contributed by atoms with E-state index in [-0.39, 0.29) is 21.1 Å². The summed E-state index contributed by atoms with van der Waals surface area (Å²) in [7, 11) is 0. The molecule has 0 saturated carbocycles. The second kappa shape index (κ2) is 4.93. The number of nitrogens with one attached hydrogen (secondary N) is 1. The van der Waals surface area contributed by atoms with Crippen LogP contribution in [0.25, 0.3) is 0 Å². The van der Waals surface area contributed by atoms with E-state index in [9.17, 15) is 8.78 Å². The molecule has 1 heterocycles. The second-order valence-corrected chi connectivity index (χ2v) is 4.34. The van der Waals surface area contributed by atoms with Crippen molar-refractivity contribution in [2.75, 3.05) is 5.32 Å². The number of hydrogen-bond donors (Lipinski definition) is 1. The van der Waals surface area contributed by atoms with Crippen LogP contribution in [0, 0.1) is 11.6 Å². The van der Waals surface area contributed by atoms with Crippen LogP contribution in [0.4, 0.5) is 20.3 Å². The maximum Gasteiger partial charge on any atom is 0.150 e. The van der Waals surface area contributed by atoms with Gasteiger partial charge in [-0.3, -0.25) is 4.98 Å². The molecule has 0 aliphatic carbocycles. The van der Waals surface area contributed by atoms with Crippen molar-refractivity contribution in [3.8, 4) is 0 Å². The highest BCUT2D eigenvalue weighted by atomic mass is 79.9. The molecule has 1 N–H and O–H groups in total. The van der Waals surface area contributed by atoms with Crippen molar-refractivity contribution in [3.05, 3.63) is 45.8 Å². The van der Waals surface area contributed by atoms with E-state index in [2.05, 4.69) is 31.2 Å².